The molecule has 0 aliphatic carbocycles. The maximum Gasteiger partial charge on any atom is 0.243 e. The SMILES string of the molecule is CCN(CC)S(=O)(=O)c1ccc(C(C)(C)C)cc1. The van der Waals surface area contributed by atoms with Gasteiger partial charge in [-0.3, -0.25) is 0 Å². The summed E-state index contributed by atoms with van der Waals surface area (Å²) in [6.45, 7) is 11.0. The summed E-state index contributed by atoms with van der Waals surface area (Å²) in [5, 5.41) is 0. The van der Waals surface area contributed by atoms with Crippen LogP contribution in [0.25, 0.3) is 0 Å². The first-order chi connectivity index (χ1) is 8.23. The Morgan fingerprint density at radius 3 is 1.78 bits per heavy atom. The number of hydrogen-bond acceptors (Lipinski definition) is 2. The van der Waals surface area contributed by atoms with Crippen LogP contribution in [0, 0.1) is 0 Å². The molecule has 1 aromatic carbocycles. The van der Waals surface area contributed by atoms with E-state index in [9.17, 15) is 8.42 Å². The van der Waals surface area contributed by atoms with Gasteiger partial charge >= 0.3 is 0 Å². The van der Waals surface area contributed by atoms with Crippen molar-refractivity contribution in [3.8, 4) is 0 Å². The van der Waals surface area contributed by atoms with E-state index in [1.165, 1.54) is 4.31 Å². The first-order valence-electron chi connectivity index (χ1n) is 6.34. The van der Waals surface area contributed by atoms with Gasteiger partial charge in [0, 0.05) is 13.1 Å². The molecule has 0 atom stereocenters. The van der Waals surface area contributed by atoms with Crippen LogP contribution in [-0.4, -0.2) is 25.8 Å². The summed E-state index contributed by atoms with van der Waals surface area (Å²) in [5.74, 6) is 0. The predicted molar refractivity (Wildman–Crippen MR) is 75.2 cm³/mol. The first-order valence-corrected chi connectivity index (χ1v) is 7.78. The molecule has 102 valence electrons. The van der Waals surface area contributed by atoms with Crippen molar-refractivity contribution in [1.82, 2.24) is 4.31 Å². The van der Waals surface area contributed by atoms with Crippen molar-refractivity contribution in [1.29, 1.82) is 0 Å². The molecule has 1 aromatic rings. The van der Waals surface area contributed by atoms with Crippen LogP contribution in [0.2, 0.25) is 0 Å². The van der Waals surface area contributed by atoms with Crippen LogP contribution in [-0.2, 0) is 15.4 Å². The lowest BCUT2D eigenvalue weighted by Crippen LogP contribution is -2.30. The van der Waals surface area contributed by atoms with Gasteiger partial charge in [-0.1, -0.05) is 46.8 Å². The quantitative estimate of drug-likeness (QED) is 0.842. The van der Waals surface area contributed by atoms with Crippen molar-refractivity contribution in [3.63, 3.8) is 0 Å². The zero-order valence-electron chi connectivity index (χ0n) is 11.9. The van der Waals surface area contributed by atoms with Crippen molar-refractivity contribution in [2.75, 3.05) is 13.1 Å². The molecule has 3 nitrogen and oxygen atoms in total. The van der Waals surface area contributed by atoms with Gasteiger partial charge in [0.2, 0.25) is 10.0 Å². The van der Waals surface area contributed by atoms with E-state index in [4.69, 9.17) is 0 Å². The van der Waals surface area contributed by atoms with Crippen LogP contribution in [0.1, 0.15) is 40.2 Å². The minimum absolute atomic E-state index is 0.0392. The topological polar surface area (TPSA) is 37.4 Å². The predicted octanol–water partition coefficient (Wildman–Crippen LogP) is 3.01. The van der Waals surface area contributed by atoms with E-state index in [-0.39, 0.29) is 5.41 Å². The molecule has 0 aliphatic heterocycles. The van der Waals surface area contributed by atoms with Gasteiger partial charge in [0.1, 0.15) is 0 Å². The highest BCUT2D eigenvalue weighted by molar-refractivity contribution is 7.89. The number of benzene rings is 1. The normalized spacial score (nSPS) is 13.0. The van der Waals surface area contributed by atoms with Crippen molar-refractivity contribution < 1.29 is 8.42 Å². The lowest BCUT2D eigenvalue weighted by atomic mass is 9.87. The largest absolute Gasteiger partial charge is 0.243 e. The molecule has 0 unspecified atom stereocenters. The molecule has 0 N–H and O–H groups in total. The molecular weight excluding hydrogens is 246 g/mol. The standard InChI is InChI=1S/C14H23NO2S/c1-6-15(7-2)18(16,17)13-10-8-12(9-11-13)14(3,4)5/h8-11H,6-7H2,1-5H3. The molecule has 18 heavy (non-hydrogen) atoms. The number of hydrogen-bond donors (Lipinski definition) is 0. The van der Waals surface area contributed by atoms with Gasteiger partial charge < -0.3 is 0 Å². The van der Waals surface area contributed by atoms with E-state index >= 15 is 0 Å². The highest BCUT2D eigenvalue weighted by Gasteiger charge is 2.22. The van der Waals surface area contributed by atoms with Crippen LogP contribution in [0.4, 0.5) is 0 Å². The molecular formula is C14H23NO2S. The molecule has 0 saturated carbocycles. The molecule has 0 saturated heterocycles. The zero-order valence-corrected chi connectivity index (χ0v) is 12.7. The lowest BCUT2D eigenvalue weighted by Gasteiger charge is -2.21. The number of sulfonamides is 1. The Hall–Kier alpha value is -0.870. The fourth-order valence-corrected chi connectivity index (χ4v) is 3.30. The summed E-state index contributed by atoms with van der Waals surface area (Å²) < 4.78 is 26.0. The molecule has 1 rings (SSSR count). The lowest BCUT2D eigenvalue weighted by molar-refractivity contribution is 0.445. The highest BCUT2D eigenvalue weighted by atomic mass is 32.2. The second-order valence-corrected chi connectivity index (χ2v) is 7.30. The minimum Gasteiger partial charge on any atom is -0.207 e. The summed E-state index contributed by atoms with van der Waals surface area (Å²) in [4.78, 5) is 0.374. The maximum atomic E-state index is 12.3. The molecule has 0 spiro atoms. The summed E-state index contributed by atoms with van der Waals surface area (Å²) >= 11 is 0. The van der Waals surface area contributed by atoms with Gasteiger partial charge in [0.25, 0.3) is 0 Å². The van der Waals surface area contributed by atoms with Gasteiger partial charge in [-0.25, -0.2) is 8.42 Å². The van der Waals surface area contributed by atoms with Crippen LogP contribution in [0.15, 0.2) is 29.2 Å². The van der Waals surface area contributed by atoms with E-state index in [2.05, 4.69) is 20.8 Å². The number of nitrogens with zero attached hydrogens (tertiary/aromatic N) is 1. The van der Waals surface area contributed by atoms with Gasteiger partial charge in [-0.2, -0.15) is 4.31 Å². The van der Waals surface area contributed by atoms with E-state index < -0.39 is 10.0 Å². The average Bonchev–Trinajstić information content (AvgIpc) is 2.29. The van der Waals surface area contributed by atoms with Crippen LogP contribution in [0.5, 0.6) is 0 Å². The molecule has 0 bridgehead atoms. The third kappa shape index (κ3) is 3.12. The Morgan fingerprint density at radius 1 is 1.00 bits per heavy atom. The van der Waals surface area contributed by atoms with Crippen molar-refractivity contribution >= 4 is 10.0 Å². The van der Waals surface area contributed by atoms with E-state index in [1.54, 1.807) is 12.1 Å². The van der Waals surface area contributed by atoms with E-state index in [1.807, 2.05) is 26.0 Å². The molecule has 0 aliphatic rings. The summed E-state index contributed by atoms with van der Waals surface area (Å²) in [6, 6.07) is 7.20. The van der Waals surface area contributed by atoms with Crippen molar-refractivity contribution in [2.45, 2.75) is 44.9 Å². The van der Waals surface area contributed by atoms with Crippen LogP contribution < -0.4 is 0 Å². The van der Waals surface area contributed by atoms with E-state index in [0.717, 1.165) is 5.56 Å². The van der Waals surface area contributed by atoms with Gasteiger partial charge in [-0.15, -0.1) is 0 Å². The molecule has 0 amide bonds. The Balaban J connectivity index is 3.13. The molecule has 0 radical (unpaired) electrons. The smallest absolute Gasteiger partial charge is 0.207 e. The average molecular weight is 269 g/mol. The van der Waals surface area contributed by atoms with Gasteiger partial charge in [0.15, 0.2) is 0 Å². The van der Waals surface area contributed by atoms with Crippen LogP contribution in [0.3, 0.4) is 0 Å². The maximum absolute atomic E-state index is 12.3. The monoisotopic (exact) mass is 269 g/mol. The minimum atomic E-state index is -3.33. The summed E-state index contributed by atoms with van der Waals surface area (Å²) in [6.07, 6.45) is 0. The summed E-state index contributed by atoms with van der Waals surface area (Å²) in [5.41, 5.74) is 1.18. The Labute approximate surface area is 111 Å². The Bertz CT molecular complexity index is 480. The molecule has 4 heteroatoms. The third-order valence-corrected chi connectivity index (χ3v) is 5.13. The number of rotatable bonds is 4. The second-order valence-electron chi connectivity index (χ2n) is 5.36. The Morgan fingerprint density at radius 2 is 1.44 bits per heavy atom. The molecule has 0 heterocycles. The van der Waals surface area contributed by atoms with Crippen molar-refractivity contribution in [3.05, 3.63) is 29.8 Å². The van der Waals surface area contributed by atoms with Gasteiger partial charge in [0.05, 0.1) is 4.90 Å². The first kappa shape index (κ1) is 15.2. The second kappa shape index (κ2) is 5.41. The van der Waals surface area contributed by atoms with E-state index in [0.29, 0.717) is 18.0 Å². The van der Waals surface area contributed by atoms with Gasteiger partial charge in [-0.05, 0) is 23.1 Å². The Kier molecular flexibility index (Phi) is 4.56. The third-order valence-electron chi connectivity index (χ3n) is 3.06. The fourth-order valence-electron chi connectivity index (χ4n) is 1.84. The van der Waals surface area contributed by atoms with Crippen molar-refractivity contribution in [2.24, 2.45) is 0 Å². The molecule has 0 aromatic heterocycles. The molecule has 0 fully saturated rings. The highest BCUT2D eigenvalue weighted by Crippen LogP contribution is 2.24. The van der Waals surface area contributed by atoms with Crippen LogP contribution >= 0.6 is 0 Å². The summed E-state index contributed by atoms with van der Waals surface area (Å²) in [7, 11) is -3.33. The zero-order chi connectivity index (χ0) is 14.0. The fraction of sp³-hybridized carbons (Fsp3) is 0.571.